The first kappa shape index (κ1) is 12.5. The fourth-order valence-corrected chi connectivity index (χ4v) is 2.82. The Labute approximate surface area is 113 Å². The van der Waals surface area contributed by atoms with Crippen molar-refractivity contribution < 1.29 is 9.94 Å². The van der Waals surface area contributed by atoms with Gasteiger partial charge in [-0.3, -0.25) is 0 Å². The summed E-state index contributed by atoms with van der Waals surface area (Å²) in [6.45, 7) is 3.92. The number of nitrogens with zero attached hydrogens (tertiary/aromatic N) is 2. The summed E-state index contributed by atoms with van der Waals surface area (Å²) >= 11 is 0. The molecule has 0 spiro atoms. The first-order valence-electron chi connectivity index (χ1n) is 7.02. The van der Waals surface area contributed by atoms with Crippen molar-refractivity contribution in [2.45, 2.75) is 25.7 Å². The van der Waals surface area contributed by atoms with E-state index in [1.54, 1.807) is 0 Å². The summed E-state index contributed by atoms with van der Waals surface area (Å²) in [6.07, 6.45) is 3.92. The summed E-state index contributed by atoms with van der Waals surface area (Å²) in [6, 6.07) is 6.56. The Morgan fingerprint density at radius 2 is 2.05 bits per heavy atom. The van der Waals surface area contributed by atoms with Crippen LogP contribution in [0.25, 0.3) is 0 Å². The highest BCUT2D eigenvalue weighted by Crippen LogP contribution is 2.26. The average Bonchev–Trinajstić information content (AvgIpc) is 2.93. The monoisotopic (exact) mass is 260 g/mol. The van der Waals surface area contributed by atoms with Crippen molar-refractivity contribution >= 4 is 5.71 Å². The van der Waals surface area contributed by atoms with Crippen LogP contribution in [0.3, 0.4) is 0 Å². The Morgan fingerprint density at radius 3 is 2.84 bits per heavy atom. The van der Waals surface area contributed by atoms with Gasteiger partial charge in [-0.05, 0) is 23.6 Å². The van der Waals surface area contributed by atoms with Gasteiger partial charge >= 0.3 is 0 Å². The molecule has 1 aromatic carbocycles. The van der Waals surface area contributed by atoms with Gasteiger partial charge in [0.25, 0.3) is 0 Å². The fraction of sp³-hybridized carbons (Fsp3) is 0.533. The van der Waals surface area contributed by atoms with Crippen molar-refractivity contribution in [3.63, 3.8) is 0 Å². The number of ether oxygens (including phenoxy) is 1. The standard InChI is InChI=1S/C15H20N2O2/c18-16-14-4-8-17(9-5-14)7-3-12-1-2-15-13(11-12)6-10-19-15/h1-2,11,18H,3-10H2. The molecular weight excluding hydrogens is 240 g/mol. The van der Waals surface area contributed by atoms with E-state index in [2.05, 4.69) is 28.3 Å². The summed E-state index contributed by atoms with van der Waals surface area (Å²) < 4.78 is 5.52. The van der Waals surface area contributed by atoms with Crippen LogP contribution >= 0.6 is 0 Å². The predicted octanol–water partition coefficient (Wildman–Crippen LogP) is 2.09. The summed E-state index contributed by atoms with van der Waals surface area (Å²) in [5.74, 6) is 1.06. The van der Waals surface area contributed by atoms with Gasteiger partial charge in [-0.1, -0.05) is 17.3 Å². The zero-order chi connectivity index (χ0) is 13.1. The molecule has 0 unspecified atom stereocenters. The first-order chi connectivity index (χ1) is 9.35. The van der Waals surface area contributed by atoms with Crippen LogP contribution in [0.4, 0.5) is 0 Å². The summed E-state index contributed by atoms with van der Waals surface area (Å²) in [4.78, 5) is 2.44. The fourth-order valence-electron chi connectivity index (χ4n) is 2.82. The number of likely N-dealkylation sites (tertiary alicyclic amines) is 1. The van der Waals surface area contributed by atoms with Gasteiger partial charge in [-0.25, -0.2) is 0 Å². The lowest BCUT2D eigenvalue weighted by molar-refractivity contribution is 0.265. The third-order valence-electron chi connectivity index (χ3n) is 4.05. The van der Waals surface area contributed by atoms with Crippen LogP contribution in [0.1, 0.15) is 24.0 Å². The molecule has 1 aromatic rings. The van der Waals surface area contributed by atoms with E-state index in [-0.39, 0.29) is 0 Å². The van der Waals surface area contributed by atoms with Crippen LogP contribution in [-0.2, 0) is 12.8 Å². The molecule has 0 saturated carbocycles. The normalized spacial score (nSPS) is 19.1. The molecule has 1 N–H and O–H groups in total. The highest BCUT2D eigenvalue weighted by molar-refractivity contribution is 5.84. The van der Waals surface area contributed by atoms with Crippen LogP contribution in [0.15, 0.2) is 23.4 Å². The molecule has 4 heteroatoms. The minimum absolute atomic E-state index is 0.828. The Kier molecular flexibility index (Phi) is 3.69. The van der Waals surface area contributed by atoms with Gasteiger partial charge < -0.3 is 14.8 Å². The lowest BCUT2D eigenvalue weighted by Gasteiger charge is -2.26. The molecule has 0 aromatic heterocycles. The number of hydrogen-bond donors (Lipinski definition) is 1. The van der Waals surface area contributed by atoms with Crippen LogP contribution in [-0.4, -0.2) is 42.1 Å². The van der Waals surface area contributed by atoms with Crippen LogP contribution in [0.5, 0.6) is 5.75 Å². The third kappa shape index (κ3) is 2.89. The van der Waals surface area contributed by atoms with Gasteiger partial charge in [0.15, 0.2) is 0 Å². The van der Waals surface area contributed by atoms with Crippen molar-refractivity contribution in [3.05, 3.63) is 29.3 Å². The Balaban J connectivity index is 1.52. The minimum atomic E-state index is 0.828. The average molecular weight is 260 g/mol. The lowest BCUT2D eigenvalue weighted by atomic mass is 10.0. The maximum Gasteiger partial charge on any atom is 0.122 e. The molecule has 0 amide bonds. The SMILES string of the molecule is ON=C1CCN(CCc2ccc3c(c2)CCO3)CC1. The van der Waals surface area contributed by atoms with Crippen molar-refractivity contribution in [1.29, 1.82) is 0 Å². The van der Waals surface area contributed by atoms with E-state index in [4.69, 9.17) is 9.94 Å². The third-order valence-corrected chi connectivity index (χ3v) is 4.05. The first-order valence-corrected chi connectivity index (χ1v) is 7.02. The molecule has 0 atom stereocenters. The van der Waals surface area contributed by atoms with Gasteiger partial charge in [0.2, 0.25) is 0 Å². The molecule has 0 radical (unpaired) electrons. The molecule has 1 fully saturated rings. The predicted molar refractivity (Wildman–Crippen MR) is 74.2 cm³/mol. The molecule has 0 aliphatic carbocycles. The van der Waals surface area contributed by atoms with E-state index in [0.29, 0.717) is 0 Å². The van der Waals surface area contributed by atoms with E-state index in [0.717, 1.165) is 63.4 Å². The number of benzene rings is 1. The van der Waals surface area contributed by atoms with Gasteiger partial charge in [-0.2, -0.15) is 0 Å². The van der Waals surface area contributed by atoms with Gasteiger partial charge in [0.1, 0.15) is 5.75 Å². The van der Waals surface area contributed by atoms with Crippen molar-refractivity contribution in [3.8, 4) is 5.75 Å². The minimum Gasteiger partial charge on any atom is -0.493 e. The van der Waals surface area contributed by atoms with Crippen molar-refractivity contribution in [2.75, 3.05) is 26.2 Å². The summed E-state index contributed by atoms with van der Waals surface area (Å²) in [5.41, 5.74) is 3.68. The zero-order valence-corrected chi connectivity index (χ0v) is 11.1. The molecular formula is C15H20N2O2. The second kappa shape index (κ2) is 5.61. The molecule has 0 bridgehead atoms. The van der Waals surface area contributed by atoms with Gasteiger partial charge in [-0.15, -0.1) is 0 Å². The molecule has 2 aliphatic rings. The second-order valence-corrected chi connectivity index (χ2v) is 5.30. The highest BCUT2D eigenvalue weighted by atomic mass is 16.5. The van der Waals surface area contributed by atoms with Crippen LogP contribution in [0.2, 0.25) is 0 Å². The van der Waals surface area contributed by atoms with E-state index in [9.17, 15) is 0 Å². The largest absolute Gasteiger partial charge is 0.493 e. The van der Waals surface area contributed by atoms with Crippen molar-refractivity contribution in [1.82, 2.24) is 4.90 Å². The summed E-state index contributed by atoms with van der Waals surface area (Å²) in [7, 11) is 0. The number of piperidine rings is 1. The Bertz CT molecular complexity index is 475. The number of fused-ring (bicyclic) bond motifs is 1. The van der Waals surface area contributed by atoms with E-state index in [1.807, 2.05) is 0 Å². The lowest BCUT2D eigenvalue weighted by Crippen LogP contribution is -2.35. The van der Waals surface area contributed by atoms with Crippen LogP contribution in [0, 0.1) is 0 Å². The Morgan fingerprint density at radius 1 is 1.21 bits per heavy atom. The number of oxime groups is 1. The molecule has 102 valence electrons. The zero-order valence-electron chi connectivity index (χ0n) is 11.1. The smallest absolute Gasteiger partial charge is 0.122 e. The number of hydrogen-bond acceptors (Lipinski definition) is 4. The number of rotatable bonds is 3. The van der Waals surface area contributed by atoms with Crippen molar-refractivity contribution in [2.24, 2.45) is 5.16 Å². The Hall–Kier alpha value is -1.55. The molecule has 1 saturated heterocycles. The molecule has 3 rings (SSSR count). The van der Waals surface area contributed by atoms with E-state index >= 15 is 0 Å². The molecule has 2 heterocycles. The maximum absolute atomic E-state index is 8.73. The quantitative estimate of drug-likeness (QED) is 0.668. The maximum atomic E-state index is 8.73. The summed E-state index contributed by atoms with van der Waals surface area (Å²) in [5, 5.41) is 12.0. The highest BCUT2D eigenvalue weighted by Gasteiger charge is 2.16. The topological polar surface area (TPSA) is 45.1 Å². The van der Waals surface area contributed by atoms with Crippen LogP contribution < -0.4 is 4.74 Å². The van der Waals surface area contributed by atoms with Gasteiger partial charge in [0, 0.05) is 38.9 Å². The van der Waals surface area contributed by atoms with E-state index < -0.39 is 0 Å². The second-order valence-electron chi connectivity index (χ2n) is 5.30. The molecule has 2 aliphatic heterocycles. The molecule has 19 heavy (non-hydrogen) atoms. The van der Waals surface area contributed by atoms with E-state index in [1.165, 1.54) is 11.1 Å². The molecule has 4 nitrogen and oxygen atoms in total. The van der Waals surface area contributed by atoms with Gasteiger partial charge in [0.05, 0.1) is 12.3 Å².